The van der Waals surface area contributed by atoms with Crippen molar-refractivity contribution in [2.75, 3.05) is 13.6 Å². The van der Waals surface area contributed by atoms with Crippen molar-refractivity contribution in [1.82, 2.24) is 30.0 Å². The Labute approximate surface area is 215 Å². The van der Waals surface area contributed by atoms with E-state index in [1.54, 1.807) is 18.5 Å². The van der Waals surface area contributed by atoms with E-state index in [1.807, 2.05) is 0 Å². The maximum Gasteiger partial charge on any atom is 0.239 e. The van der Waals surface area contributed by atoms with Crippen LogP contribution < -0.4 is 9.47 Å². The molecule has 10 heteroatoms. The maximum absolute atomic E-state index is 13.1. The monoisotopic (exact) mass is 504 g/mol. The Morgan fingerprint density at radius 1 is 1.08 bits per heavy atom. The van der Waals surface area contributed by atoms with Gasteiger partial charge < -0.3 is 14.0 Å². The van der Waals surface area contributed by atoms with Crippen LogP contribution in [-0.4, -0.2) is 61.5 Å². The second-order valence-electron chi connectivity index (χ2n) is 10.4. The average molecular weight is 505 g/mol. The van der Waals surface area contributed by atoms with Crippen LogP contribution in [0, 0.1) is 0 Å². The molecule has 1 saturated heterocycles. The first-order valence-electron chi connectivity index (χ1n) is 13.3. The minimum Gasteiger partial charge on any atom is -0.473 e. The molecule has 10 nitrogen and oxygen atoms in total. The highest BCUT2D eigenvalue weighted by Gasteiger charge is 2.48. The van der Waals surface area contributed by atoms with E-state index < -0.39 is 5.41 Å². The van der Waals surface area contributed by atoms with E-state index in [0.717, 1.165) is 63.5 Å². The lowest BCUT2D eigenvalue weighted by molar-refractivity contribution is -0.128. The molecule has 1 spiro atoms. The van der Waals surface area contributed by atoms with Crippen LogP contribution in [0.2, 0.25) is 0 Å². The molecule has 0 aromatic carbocycles. The van der Waals surface area contributed by atoms with E-state index >= 15 is 0 Å². The summed E-state index contributed by atoms with van der Waals surface area (Å²) in [5.74, 6) is 2.31. The molecule has 0 bridgehead atoms. The number of Topliss-reactive ketones (excluding diaryl/α,β-unsaturated/α-hetero) is 1. The number of hydrogen-bond acceptors (Lipinski definition) is 10. The fourth-order valence-electron chi connectivity index (χ4n) is 6.23. The molecule has 3 aromatic rings. The average Bonchev–Trinajstić information content (AvgIpc) is 3.53. The first-order chi connectivity index (χ1) is 18.0. The first kappa shape index (κ1) is 24.0. The van der Waals surface area contributed by atoms with Gasteiger partial charge in [-0.15, -0.1) is 0 Å². The van der Waals surface area contributed by atoms with Gasteiger partial charge in [0.1, 0.15) is 11.9 Å². The summed E-state index contributed by atoms with van der Waals surface area (Å²) in [6.07, 6.45) is 12.7. The number of fused-ring (bicyclic) bond motifs is 2. The second kappa shape index (κ2) is 9.81. The zero-order chi connectivity index (χ0) is 25.4. The highest BCUT2D eigenvalue weighted by Crippen LogP contribution is 2.47. The van der Waals surface area contributed by atoms with Crippen LogP contribution in [0.3, 0.4) is 0 Å². The van der Waals surface area contributed by atoms with Gasteiger partial charge in [-0.25, -0.2) is 4.98 Å². The minimum absolute atomic E-state index is 0.0750. The summed E-state index contributed by atoms with van der Waals surface area (Å²) in [7, 11) is 2.12. The van der Waals surface area contributed by atoms with Gasteiger partial charge in [0.05, 0.1) is 17.7 Å². The molecule has 0 N–H and O–H groups in total. The lowest BCUT2D eigenvalue weighted by Crippen LogP contribution is -2.41. The number of carbonyl (C=O) groups is 1. The number of nitrogens with zero attached hydrogens (tertiary/aromatic N) is 6. The number of ether oxygens (including phenoxy) is 2. The topological polar surface area (TPSA) is 116 Å². The summed E-state index contributed by atoms with van der Waals surface area (Å²) < 4.78 is 18.2. The number of aromatic nitrogens is 5. The Morgan fingerprint density at radius 2 is 1.95 bits per heavy atom. The van der Waals surface area contributed by atoms with Crippen LogP contribution in [0.15, 0.2) is 29.2 Å². The van der Waals surface area contributed by atoms with Crippen molar-refractivity contribution in [2.24, 2.45) is 0 Å². The van der Waals surface area contributed by atoms with Crippen LogP contribution >= 0.6 is 0 Å². The predicted molar refractivity (Wildman–Crippen MR) is 133 cm³/mol. The molecule has 37 heavy (non-hydrogen) atoms. The van der Waals surface area contributed by atoms with Crippen molar-refractivity contribution in [3.8, 4) is 29.2 Å². The summed E-state index contributed by atoms with van der Waals surface area (Å²) in [4.78, 5) is 33.1. The first-order valence-corrected chi connectivity index (χ1v) is 13.3. The smallest absolute Gasteiger partial charge is 0.239 e. The molecule has 0 radical (unpaired) electrons. The Bertz CT molecular complexity index is 1280. The van der Waals surface area contributed by atoms with Gasteiger partial charge in [-0.1, -0.05) is 11.6 Å². The Balaban J connectivity index is 1.38. The minimum atomic E-state index is -0.564. The maximum atomic E-state index is 13.1. The van der Waals surface area contributed by atoms with E-state index in [1.165, 1.54) is 6.20 Å². The zero-order valence-corrected chi connectivity index (χ0v) is 21.4. The van der Waals surface area contributed by atoms with Crippen LogP contribution in [0.1, 0.15) is 69.6 Å². The third kappa shape index (κ3) is 4.47. The Hall–Kier alpha value is -3.40. The normalized spacial score (nSPS) is 24.7. The molecule has 2 aliphatic carbocycles. The van der Waals surface area contributed by atoms with Gasteiger partial charge in [0.2, 0.25) is 17.6 Å². The van der Waals surface area contributed by atoms with Crippen LogP contribution in [0.4, 0.5) is 0 Å². The molecule has 2 fully saturated rings. The van der Waals surface area contributed by atoms with Crippen molar-refractivity contribution in [2.45, 2.75) is 82.3 Å². The summed E-state index contributed by atoms with van der Waals surface area (Å²) in [6.45, 7) is 3.12. The van der Waals surface area contributed by atoms with E-state index in [9.17, 15) is 4.79 Å². The summed E-state index contributed by atoms with van der Waals surface area (Å²) in [5, 5.41) is 4.41. The van der Waals surface area contributed by atoms with Crippen molar-refractivity contribution in [3.05, 3.63) is 36.0 Å². The van der Waals surface area contributed by atoms with Crippen molar-refractivity contribution >= 4 is 5.78 Å². The van der Waals surface area contributed by atoms with Crippen LogP contribution in [0.5, 0.6) is 17.6 Å². The van der Waals surface area contributed by atoms with Gasteiger partial charge in [-0.2, -0.15) is 9.97 Å². The molecule has 1 saturated carbocycles. The summed E-state index contributed by atoms with van der Waals surface area (Å²) in [5.41, 5.74) is 0.909. The fraction of sp³-hybridized carbons (Fsp3) is 0.556. The van der Waals surface area contributed by atoms with E-state index in [0.29, 0.717) is 41.5 Å². The molecule has 0 amide bonds. The Morgan fingerprint density at radius 3 is 2.73 bits per heavy atom. The van der Waals surface area contributed by atoms with Crippen molar-refractivity contribution in [3.63, 3.8) is 0 Å². The molecular weight excluding hydrogens is 472 g/mol. The molecule has 3 aliphatic rings. The molecular formula is C27H32N6O4. The third-order valence-electron chi connectivity index (χ3n) is 8.11. The number of rotatable bonds is 6. The number of hydrogen-bond donors (Lipinski definition) is 0. The lowest BCUT2D eigenvalue weighted by atomic mass is 9.64. The highest BCUT2D eigenvalue weighted by molar-refractivity contribution is 5.91. The van der Waals surface area contributed by atoms with E-state index in [-0.39, 0.29) is 17.8 Å². The lowest BCUT2D eigenvalue weighted by Gasteiger charge is -2.36. The molecule has 6 rings (SSSR count). The number of ketones is 1. The quantitative estimate of drug-likeness (QED) is 0.481. The van der Waals surface area contributed by atoms with Gasteiger partial charge in [-0.3, -0.25) is 14.7 Å². The van der Waals surface area contributed by atoms with Crippen molar-refractivity contribution < 1.29 is 18.8 Å². The largest absolute Gasteiger partial charge is 0.473 e. The fourth-order valence-corrected chi connectivity index (χ4v) is 6.23. The number of likely N-dealkylation sites (tertiary alicyclic amines) is 1. The third-order valence-corrected chi connectivity index (χ3v) is 8.11. The number of likely N-dealkylation sites (N-methyl/N-ethyl adjacent to an activating group) is 1. The van der Waals surface area contributed by atoms with Crippen LogP contribution in [0.25, 0.3) is 11.5 Å². The standard InChI is InChI=1S/C27H32N6O4/c1-17(19-8-6-14-33(19)2)35-21-15-22(36-23-16-28-12-13-29-23)31-26(30-21)24-18-7-5-11-27(25(18)37-32-24)10-4-3-9-20(27)34/h12-13,15-17,19H,3-11,14H2,1-2H3/t17-,19-,27+/m0/s1. The molecule has 1 aliphatic heterocycles. The van der Waals surface area contributed by atoms with Gasteiger partial charge >= 0.3 is 0 Å². The molecule has 0 unspecified atom stereocenters. The van der Waals surface area contributed by atoms with E-state index in [2.05, 4.69) is 39.0 Å². The van der Waals surface area contributed by atoms with Gasteiger partial charge in [-0.05, 0) is 65.5 Å². The number of carbonyl (C=O) groups excluding carboxylic acids is 1. The van der Waals surface area contributed by atoms with Gasteiger partial charge in [0, 0.05) is 30.4 Å². The van der Waals surface area contributed by atoms with Crippen LogP contribution in [-0.2, 0) is 16.6 Å². The predicted octanol–water partition coefficient (Wildman–Crippen LogP) is 4.29. The molecule has 194 valence electrons. The Kier molecular flexibility index (Phi) is 6.36. The second-order valence-corrected chi connectivity index (χ2v) is 10.4. The highest BCUT2D eigenvalue weighted by atomic mass is 16.5. The summed E-state index contributed by atoms with van der Waals surface area (Å²) in [6, 6.07) is 1.97. The molecule has 4 heterocycles. The van der Waals surface area contributed by atoms with Gasteiger partial charge in [0.15, 0.2) is 17.3 Å². The van der Waals surface area contributed by atoms with Crippen molar-refractivity contribution in [1.29, 1.82) is 0 Å². The SMILES string of the molecule is C[C@H](Oc1cc(Oc2cnccn2)nc(-c2noc3c2CCC[C@@]32CCCCC2=O)n1)[C@@H]1CCCN1C. The molecule has 3 atom stereocenters. The summed E-state index contributed by atoms with van der Waals surface area (Å²) >= 11 is 0. The van der Waals surface area contributed by atoms with E-state index in [4.69, 9.17) is 19.0 Å². The molecule has 3 aromatic heterocycles. The zero-order valence-electron chi connectivity index (χ0n) is 21.4. The van der Waals surface area contributed by atoms with Gasteiger partial charge in [0.25, 0.3) is 0 Å².